The number of aryl methyl sites for hydroxylation is 1. The van der Waals surface area contributed by atoms with Crippen LogP contribution in [0.1, 0.15) is 37.9 Å². The maximum atomic E-state index is 5.58. The molecule has 8 heteroatoms. The van der Waals surface area contributed by atoms with Crippen LogP contribution in [-0.2, 0) is 18.9 Å². The second-order valence-electron chi connectivity index (χ2n) is 8.28. The average Bonchev–Trinajstić information content (AvgIpc) is 3.38. The van der Waals surface area contributed by atoms with Crippen LogP contribution in [0.15, 0.2) is 35.2 Å². The number of methoxy groups -OCH3 is 1. The number of benzene rings is 1. The van der Waals surface area contributed by atoms with Gasteiger partial charge in [-0.25, -0.2) is 4.98 Å². The largest absolute Gasteiger partial charge is 0.497 e. The predicted molar refractivity (Wildman–Crippen MR) is 107 cm³/mol. The van der Waals surface area contributed by atoms with Gasteiger partial charge in [0.2, 0.25) is 0 Å². The smallest absolute Gasteiger partial charge is 0.278 e. The molecule has 1 aliphatic heterocycles. The summed E-state index contributed by atoms with van der Waals surface area (Å²) in [6.07, 6.45) is 4.37. The summed E-state index contributed by atoms with van der Waals surface area (Å²) in [5, 5.41) is 8.65. The van der Waals surface area contributed by atoms with Gasteiger partial charge in [0.25, 0.3) is 5.89 Å². The fourth-order valence-corrected chi connectivity index (χ4v) is 3.74. The summed E-state index contributed by atoms with van der Waals surface area (Å²) >= 11 is 0. The van der Waals surface area contributed by atoms with Gasteiger partial charge in [-0.15, -0.1) is 0 Å². The van der Waals surface area contributed by atoms with E-state index in [1.54, 1.807) is 7.11 Å². The number of imidazole rings is 1. The summed E-state index contributed by atoms with van der Waals surface area (Å²) in [7, 11) is 3.63. The van der Waals surface area contributed by atoms with Crippen LogP contribution in [0.3, 0.4) is 0 Å². The number of rotatable bonds is 2. The van der Waals surface area contributed by atoms with E-state index in [1.807, 2.05) is 42.5 Å². The topological polar surface area (TPSA) is 83.8 Å². The summed E-state index contributed by atoms with van der Waals surface area (Å²) in [6, 6.07) is 6.03. The number of hydrogen-bond donors (Lipinski definition) is 0. The van der Waals surface area contributed by atoms with E-state index in [1.165, 1.54) is 0 Å². The van der Waals surface area contributed by atoms with Crippen LogP contribution in [0.25, 0.3) is 28.5 Å². The van der Waals surface area contributed by atoms with Gasteiger partial charge in [-0.1, -0.05) is 25.9 Å². The summed E-state index contributed by atoms with van der Waals surface area (Å²) in [4.78, 5) is 9.25. The molecule has 0 radical (unpaired) electrons. The molecule has 0 bridgehead atoms. The van der Waals surface area contributed by atoms with Gasteiger partial charge in [0, 0.05) is 30.0 Å². The Morgan fingerprint density at radius 2 is 2.03 bits per heavy atom. The van der Waals surface area contributed by atoms with E-state index in [0.717, 1.165) is 34.0 Å². The Hall–Kier alpha value is -3.42. The van der Waals surface area contributed by atoms with Crippen molar-refractivity contribution in [1.82, 2.24) is 29.5 Å². The SMILES string of the molecule is COc1ccc2c(c1)-c1c(cnn1C)Cc1c(-c3nc(C(C)(C)C)no3)ncn1-2. The zero-order valence-electron chi connectivity index (χ0n) is 17.1. The van der Waals surface area contributed by atoms with Crippen molar-refractivity contribution in [1.29, 1.82) is 0 Å². The molecular formula is C21H22N6O2. The first-order chi connectivity index (χ1) is 13.9. The van der Waals surface area contributed by atoms with Gasteiger partial charge < -0.3 is 13.8 Å². The monoisotopic (exact) mass is 390 g/mol. The van der Waals surface area contributed by atoms with Crippen LogP contribution < -0.4 is 4.74 Å². The van der Waals surface area contributed by atoms with Crippen molar-refractivity contribution in [2.45, 2.75) is 32.6 Å². The number of nitrogens with zero attached hydrogens (tertiary/aromatic N) is 6. The Morgan fingerprint density at radius 3 is 2.76 bits per heavy atom. The molecule has 8 nitrogen and oxygen atoms in total. The first-order valence-electron chi connectivity index (χ1n) is 9.47. The fourth-order valence-electron chi connectivity index (χ4n) is 3.74. The molecule has 0 spiro atoms. The van der Waals surface area contributed by atoms with E-state index in [9.17, 15) is 0 Å². The molecule has 0 saturated carbocycles. The Bertz CT molecular complexity index is 1220. The van der Waals surface area contributed by atoms with Crippen molar-refractivity contribution >= 4 is 0 Å². The van der Waals surface area contributed by atoms with Crippen molar-refractivity contribution < 1.29 is 9.26 Å². The van der Waals surface area contributed by atoms with E-state index in [2.05, 4.69) is 45.6 Å². The molecule has 0 N–H and O–H groups in total. The Kier molecular flexibility index (Phi) is 3.68. The highest BCUT2D eigenvalue weighted by atomic mass is 16.5. The molecule has 0 saturated heterocycles. The van der Waals surface area contributed by atoms with Gasteiger partial charge in [-0.05, 0) is 18.2 Å². The predicted octanol–water partition coefficient (Wildman–Crippen LogP) is 3.53. The lowest BCUT2D eigenvalue weighted by Gasteiger charge is -2.12. The molecule has 5 rings (SSSR count). The summed E-state index contributed by atoms with van der Waals surface area (Å²) in [5.74, 6) is 1.90. The van der Waals surface area contributed by atoms with Gasteiger partial charge in [-0.2, -0.15) is 10.1 Å². The first kappa shape index (κ1) is 17.7. The van der Waals surface area contributed by atoms with Crippen molar-refractivity contribution in [2.75, 3.05) is 7.11 Å². The van der Waals surface area contributed by atoms with E-state index >= 15 is 0 Å². The Balaban J connectivity index is 1.73. The molecule has 29 heavy (non-hydrogen) atoms. The summed E-state index contributed by atoms with van der Waals surface area (Å²) in [5.41, 5.74) is 5.73. The lowest BCUT2D eigenvalue weighted by molar-refractivity contribution is 0.401. The van der Waals surface area contributed by atoms with Crippen molar-refractivity contribution in [3.8, 4) is 34.3 Å². The molecule has 0 atom stereocenters. The van der Waals surface area contributed by atoms with Crippen molar-refractivity contribution in [2.24, 2.45) is 7.05 Å². The number of hydrogen-bond acceptors (Lipinski definition) is 6. The first-order valence-corrected chi connectivity index (χ1v) is 9.47. The zero-order chi connectivity index (χ0) is 20.3. The highest BCUT2D eigenvalue weighted by molar-refractivity contribution is 5.77. The maximum Gasteiger partial charge on any atom is 0.278 e. The number of ether oxygens (including phenoxy) is 1. The maximum absolute atomic E-state index is 5.58. The normalized spacial score (nSPS) is 12.9. The molecule has 0 unspecified atom stereocenters. The van der Waals surface area contributed by atoms with Crippen LogP contribution in [0.4, 0.5) is 0 Å². The van der Waals surface area contributed by atoms with Crippen LogP contribution in [-0.4, -0.2) is 36.6 Å². The Labute approximate surface area is 168 Å². The number of aromatic nitrogens is 6. The van der Waals surface area contributed by atoms with Crippen LogP contribution >= 0.6 is 0 Å². The van der Waals surface area contributed by atoms with Crippen LogP contribution in [0.2, 0.25) is 0 Å². The van der Waals surface area contributed by atoms with Gasteiger partial charge in [-0.3, -0.25) is 4.68 Å². The minimum atomic E-state index is -0.196. The molecule has 1 aliphatic rings. The minimum Gasteiger partial charge on any atom is -0.497 e. The molecule has 0 amide bonds. The van der Waals surface area contributed by atoms with E-state index < -0.39 is 0 Å². The molecule has 3 aromatic heterocycles. The molecule has 1 aromatic carbocycles. The van der Waals surface area contributed by atoms with E-state index in [0.29, 0.717) is 23.8 Å². The molecule has 4 aromatic rings. The molecule has 4 heterocycles. The van der Waals surface area contributed by atoms with Gasteiger partial charge in [0.15, 0.2) is 11.5 Å². The lowest BCUT2D eigenvalue weighted by Crippen LogP contribution is -2.13. The summed E-state index contributed by atoms with van der Waals surface area (Å²) in [6.45, 7) is 6.17. The standard InChI is InChI=1S/C21H22N6O2/c1-21(2,3)20-24-19(29-25-20)17-16-8-12-10-23-26(4)18(12)14-9-13(28-5)6-7-15(14)27(16)11-22-17/h6-7,9-11H,8H2,1-5H3. The second kappa shape index (κ2) is 6.04. The number of fused-ring (bicyclic) bond motifs is 5. The second-order valence-corrected chi connectivity index (χ2v) is 8.28. The lowest BCUT2D eigenvalue weighted by atomic mass is 9.96. The fraction of sp³-hybridized carbons (Fsp3) is 0.333. The highest BCUT2D eigenvalue weighted by Gasteiger charge is 2.29. The van der Waals surface area contributed by atoms with Gasteiger partial charge >= 0.3 is 0 Å². The molecule has 0 aliphatic carbocycles. The van der Waals surface area contributed by atoms with E-state index in [4.69, 9.17) is 9.26 Å². The highest BCUT2D eigenvalue weighted by Crippen LogP contribution is 2.39. The molecule has 0 fully saturated rings. The third-order valence-corrected chi connectivity index (χ3v) is 5.26. The quantitative estimate of drug-likeness (QED) is 0.458. The summed E-state index contributed by atoms with van der Waals surface area (Å²) < 4.78 is 15.0. The Morgan fingerprint density at radius 1 is 1.21 bits per heavy atom. The van der Waals surface area contributed by atoms with Gasteiger partial charge in [0.05, 0.1) is 30.4 Å². The molecular weight excluding hydrogens is 368 g/mol. The zero-order valence-corrected chi connectivity index (χ0v) is 17.1. The van der Waals surface area contributed by atoms with Crippen LogP contribution in [0, 0.1) is 0 Å². The molecule has 148 valence electrons. The third kappa shape index (κ3) is 2.66. The van der Waals surface area contributed by atoms with Crippen LogP contribution in [0.5, 0.6) is 5.75 Å². The van der Waals surface area contributed by atoms with Crippen molar-refractivity contribution in [3.63, 3.8) is 0 Å². The van der Waals surface area contributed by atoms with Gasteiger partial charge in [0.1, 0.15) is 12.1 Å². The minimum absolute atomic E-state index is 0.196. The average molecular weight is 390 g/mol. The van der Waals surface area contributed by atoms with E-state index in [-0.39, 0.29) is 5.41 Å². The third-order valence-electron chi connectivity index (χ3n) is 5.26. The van der Waals surface area contributed by atoms with Crippen molar-refractivity contribution in [3.05, 3.63) is 47.8 Å².